The molecule has 0 aliphatic heterocycles. The third-order valence-electron chi connectivity index (χ3n) is 2.80. The van der Waals surface area contributed by atoms with Crippen molar-refractivity contribution in [1.82, 2.24) is 4.90 Å². The van der Waals surface area contributed by atoms with Crippen molar-refractivity contribution in [3.8, 4) is 0 Å². The van der Waals surface area contributed by atoms with E-state index in [4.69, 9.17) is 0 Å². The van der Waals surface area contributed by atoms with E-state index in [1.165, 1.54) is 44.9 Å². The highest BCUT2D eigenvalue weighted by Crippen LogP contribution is 2.20. The number of rotatable bonds is 2. The van der Waals surface area contributed by atoms with E-state index in [1.807, 2.05) is 0 Å². The maximum Gasteiger partial charge on any atom is 0.00891 e. The Morgan fingerprint density at radius 3 is 1.62 bits per heavy atom. The maximum atomic E-state index is 2.36. The lowest BCUT2D eigenvalue weighted by molar-refractivity contribution is 0.229. The SMILES string of the molecule is CCCC.CN(C)C1CCCCC1. The van der Waals surface area contributed by atoms with Gasteiger partial charge in [0.15, 0.2) is 0 Å². The van der Waals surface area contributed by atoms with Crippen LogP contribution >= 0.6 is 0 Å². The Morgan fingerprint density at radius 2 is 1.38 bits per heavy atom. The highest BCUT2D eigenvalue weighted by Gasteiger charge is 2.13. The molecule has 0 amide bonds. The zero-order chi connectivity index (χ0) is 10.1. The lowest BCUT2D eigenvalue weighted by Crippen LogP contribution is -2.29. The Labute approximate surface area is 84.5 Å². The molecule has 1 aliphatic carbocycles. The van der Waals surface area contributed by atoms with E-state index in [-0.39, 0.29) is 0 Å². The second-order valence-electron chi connectivity index (χ2n) is 4.26. The van der Waals surface area contributed by atoms with Crippen LogP contribution in [0.15, 0.2) is 0 Å². The normalized spacial score (nSPS) is 18.2. The van der Waals surface area contributed by atoms with Crippen molar-refractivity contribution in [2.45, 2.75) is 64.8 Å². The molecule has 80 valence electrons. The molecule has 0 aromatic rings. The Bertz CT molecular complexity index is 91.3. The third kappa shape index (κ3) is 7.06. The quantitative estimate of drug-likeness (QED) is 0.634. The molecule has 1 heteroatoms. The van der Waals surface area contributed by atoms with Crippen molar-refractivity contribution in [2.24, 2.45) is 0 Å². The van der Waals surface area contributed by atoms with Gasteiger partial charge in [-0.1, -0.05) is 46.0 Å². The summed E-state index contributed by atoms with van der Waals surface area (Å²) in [4.78, 5) is 2.36. The molecular formula is C12H27N. The molecule has 1 nitrogen and oxygen atoms in total. The summed E-state index contributed by atoms with van der Waals surface area (Å²) >= 11 is 0. The fraction of sp³-hybridized carbons (Fsp3) is 1.00. The molecule has 0 radical (unpaired) electrons. The minimum atomic E-state index is 0.888. The average Bonchev–Trinajstić information content (AvgIpc) is 2.19. The first kappa shape index (κ1) is 13.0. The topological polar surface area (TPSA) is 3.24 Å². The van der Waals surface area contributed by atoms with Gasteiger partial charge >= 0.3 is 0 Å². The third-order valence-corrected chi connectivity index (χ3v) is 2.80. The summed E-state index contributed by atoms with van der Waals surface area (Å²) in [5.74, 6) is 0. The van der Waals surface area contributed by atoms with E-state index in [9.17, 15) is 0 Å². The van der Waals surface area contributed by atoms with Gasteiger partial charge in [-0.2, -0.15) is 0 Å². The van der Waals surface area contributed by atoms with Gasteiger partial charge in [0.2, 0.25) is 0 Å². The molecule has 0 saturated heterocycles. The van der Waals surface area contributed by atoms with Crippen molar-refractivity contribution < 1.29 is 0 Å². The van der Waals surface area contributed by atoms with E-state index in [2.05, 4.69) is 32.8 Å². The molecule has 0 unspecified atom stereocenters. The van der Waals surface area contributed by atoms with Crippen molar-refractivity contribution >= 4 is 0 Å². The number of unbranched alkanes of at least 4 members (excludes halogenated alkanes) is 1. The first-order valence-corrected chi connectivity index (χ1v) is 5.88. The molecule has 0 aromatic heterocycles. The Hall–Kier alpha value is -0.0400. The van der Waals surface area contributed by atoms with Gasteiger partial charge in [-0.15, -0.1) is 0 Å². The standard InChI is InChI=1S/C8H17N.C4H10/c1-9(2)8-6-4-3-5-7-8;1-3-4-2/h8H,3-7H2,1-2H3;3-4H2,1-2H3. The van der Waals surface area contributed by atoms with Gasteiger partial charge in [0.1, 0.15) is 0 Å². The van der Waals surface area contributed by atoms with Crippen molar-refractivity contribution in [1.29, 1.82) is 0 Å². The van der Waals surface area contributed by atoms with Gasteiger partial charge in [0.25, 0.3) is 0 Å². The molecule has 0 aromatic carbocycles. The van der Waals surface area contributed by atoms with Gasteiger partial charge < -0.3 is 4.90 Å². The second-order valence-corrected chi connectivity index (χ2v) is 4.26. The highest BCUT2D eigenvalue weighted by atomic mass is 15.1. The van der Waals surface area contributed by atoms with E-state index in [1.54, 1.807) is 0 Å². The van der Waals surface area contributed by atoms with Crippen LogP contribution in [0.3, 0.4) is 0 Å². The summed E-state index contributed by atoms with van der Waals surface area (Å²) in [5.41, 5.74) is 0. The molecule has 1 rings (SSSR count). The number of hydrogen-bond donors (Lipinski definition) is 0. The molecule has 0 N–H and O–H groups in total. The smallest absolute Gasteiger partial charge is 0.00891 e. The summed E-state index contributed by atoms with van der Waals surface area (Å²) in [6, 6.07) is 0.888. The van der Waals surface area contributed by atoms with E-state index in [0.717, 1.165) is 6.04 Å². The zero-order valence-corrected chi connectivity index (χ0v) is 9.97. The van der Waals surface area contributed by atoms with Crippen LogP contribution in [0, 0.1) is 0 Å². The molecule has 0 bridgehead atoms. The zero-order valence-electron chi connectivity index (χ0n) is 9.97. The highest BCUT2D eigenvalue weighted by molar-refractivity contribution is 4.70. The maximum absolute atomic E-state index is 2.36. The van der Waals surface area contributed by atoms with Crippen LogP contribution in [0.1, 0.15) is 58.8 Å². The molecule has 1 saturated carbocycles. The second kappa shape index (κ2) is 8.55. The van der Waals surface area contributed by atoms with Gasteiger partial charge in [-0.05, 0) is 26.9 Å². The number of hydrogen-bond acceptors (Lipinski definition) is 1. The van der Waals surface area contributed by atoms with Crippen LogP contribution in [0.2, 0.25) is 0 Å². The van der Waals surface area contributed by atoms with Crippen molar-refractivity contribution in [2.75, 3.05) is 14.1 Å². The summed E-state index contributed by atoms with van der Waals surface area (Å²) in [7, 11) is 4.38. The van der Waals surface area contributed by atoms with Gasteiger partial charge in [-0.25, -0.2) is 0 Å². The molecule has 0 spiro atoms. The van der Waals surface area contributed by atoms with Crippen molar-refractivity contribution in [3.05, 3.63) is 0 Å². The molecular weight excluding hydrogens is 158 g/mol. The Balaban J connectivity index is 0.000000310. The van der Waals surface area contributed by atoms with Crippen LogP contribution in [-0.2, 0) is 0 Å². The summed E-state index contributed by atoms with van der Waals surface area (Å²) < 4.78 is 0. The van der Waals surface area contributed by atoms with Gasteiger partial charge in [0, 0.05) is 6.04 Å². The summed E-state index contributed by atoms with van der Waals surface area (Å²) in [6.45, 7) is 4.36. The van der Waals surface area contributed by atoms with E-state index >= 15 is 0 Å². The average molecular weight is 185 g/mol. The van der Waals surface area contributed by atoms with Crippen LogP contribution in [0.25, 0.3) is 0 Å². The summed E-state index contributed by atoms with van der Waals surface area (Å²) in [5, 5.41) is 0. The predicted octanol–water partition coefficient (Wildman–Crippen LogP) is 3.69. The lowest BCUT2D eigenvalue weighted by atomic mass is 9.95. The Morgan fingerprint density at radius 1 is 0.923 bits per heavy atom. The largest absolute Gasteiger partial charge is 0.306 e. The lowest BCUT2D eigenvalue weighted by Gasteiger charge is -2.27. The number of nitrogens with zero attached hydrogens (tertiary/aromatic N) is 1. The minimum Gasteiger partial charge on any atom is -0.306 e. The fourth-order valence-electron chi connectivity index (χ4n) is 1.60. The molecule has 13 heavy (non-hydrogen) atoms. The van der Waals surface area contributed by atoms with Crippen LogP contribution < -0.4 is 0 Å². The molecule has 0 heterocycles. The molecule has 0 atom stereocenters. The minimum absolute atomic E-state index is 0.888. The summed E-state index contributed by atoms with van der Waals surface area (Å²) in [6.07, 6.45) is 9.84. The predicted molar refractivity (Wildman–Crippen MR) is 61.1 cm³/mol. The van der Waals surface area contributed by atoms with Crippen LogP contribution in [0.5, 0.6) is 0 Å². The van der Waals surface area contributed by atoms with Crippen LogP contribution in [-0.4, -0.2) is 25.0 Å². The Kier molecular flexibility index (Phi) is 8.53. The fourth-order valence-corrected chi connectivity index (χ4v) is 1.60. The van der Waals surface area contributed by atoms with Gasteiger partial charge in [-0.3, -0.25) is 0 Å². The van der Waals surface area contributed by atoms with Crippen LogP contribution in [0.4, 0.5) is 0 Å². The molecule has 1 aliphatic rings. The van der Waals surface area contributed by atoms with Gasteiger partial charge in [0.05, 0.1) is 0 Å². The first-order chi connectivity index (χ1) is 6.22. The van der Waals surface area contributed by atoms with E-state index < -0.39 is 0 Å². The monoisotopic (exact) mass is 185 g/mol. The molecule has 1 fully saturated rings. The van der Waals surface area contributed by atoms with E-state index in [0.29, 0.717) is 0 Å². The first-order valence-electron chi connectivity index (χ1n) is 5.88. The van der Waals surface area contributed by atoms with Crippen molar-refractivity contribution in [3.63, 3.8) is 0 Å².